The lowest BCUT2D eigenvalue weighted by molar-refractivity contribution is 0.267. The third kappa shape index (κ3) is 4.08. The number of halogens is 2. The summed E-state index contributed by atoms with van der Waals surface area (Å²) < 4.78 is 0. The highest BCUT2D eigenvalue weighted by atomic mass is 35.5. The van der Waals surface area contributed by atoms with Gasteiger partial charge < -0.3 is 5.32 Å². The van der Waals surface area contributed by atoms with Crippen molar-refractivity contribution in [2.24, 2.45) is 5.41 Å². The number of nitrogens with one attached hydrogen (secondary N) is 1. The van der Waals surface area contributed by atoms with Crippen LogP contribution in [0.4, 0.5) is 0 Å². The van der Waals surface area contributed by atoms with Gasteiger partial charge in [0.05, 0.1) is 10.7 Å². The van der Waals surface area contributed by atoms with Gasteiger partial charge in [-0.05, 0) is 44.2 Å². The van der Waals surface area contributed by atoms with Crippen molar-refractivity contribution >= 4 is 36.2 Å². The van der Waals surface area contributed by atoms with E-state index in [0.29, 0.717) is 5.41 Å². The Morgan fingerprint density at radius 1 is 1.40 bits per heavy atom. The third-order valence-corrected chi connectivity index (χ3v) is 5.26. The summed E-state index contributed by atoms with van der Waals surface area (Å²) >= 11 is 1.83. The number of rotatable bonds is 4. The molecular weight excluding hydrogens is 313 g/mol. The first-order chi connectivity index (χ1) is 8.80. The lowest BCUT2D eigenvalue weighted by Crippen LogP contribution is -2.29. The second-order valence-electron chi connectivity index (χ2n) is 5.87. The first-order valence-corrected chi connectivity index (χ1v) is 8.04. The van der Waals surface area contributed by atoms with Gasteiger partial charge in [0, 0.05) is 25.0 Å². The van der Waals surface area contributed by atoms with Crippen molar-refractivity contribution in [1.29, 1.82) is 0 Å². The molecule has 0 aromatic carbocycles. The summed E-state index contributed by atoms with van der Waals surface area (Å²) in [6.07, 6.45) is 5.07. The fourth-order valence-corrected chi connectivity index (χ4v) is 4.18. The summed E-state index contributed by atoms with van der Waals surface area (Å²) in [5, 5.41) is 7.08. The van der Waals surface area contributed by atoms with Gasteiger partial charge in [-0.25, -0.2) is 4.98 Å². The van der Waals surface area contributed by atoms with Crippen LogP contribution < -0.4 is 5.32 Å². The van der Waals surface area contributed by atoms with Gasteiger partial charge in [-0.1, -0.05) is 6.92 Å². The Hall–Kier alpha value is 0.130. The van der Waals surface area contributed by atoms with E-state index in [1.807, 2.05) is 11.3 Å². The van der Waals surface area contributed by atoms with Gasteiger partial charge in [-0.2, -0.15) is 0 Å². The van der Waals surface area contributed by atoms with Crippen LogP contribution in [-0.2, 0) is 13.0 Å². The molecule has 20 heavy (non-hydrogen) atoms. The van der Waals surface area contributed by atoms with E-state index in [2.05, 4.69) is 22.5 Å². The molecule has 1 aromatic rings. The van der Waals surface area contributed by atoms with Crippen LogP contribution in [0.3, 0.4) is 0 Å². The van der Waals surface area contributed by atoms with Crippen molar-refractivity contribution in [3.05, 3.63) is 16.1 Å². The molecule has 2 saturated heterocycles. The molecule has 2 aliphatic heterocycles. The summed E-state index contributed by atoms with van der Waals surface area (Å²) in [4.78, 5) is 7.33. The van der Waals surface area contributed by atoms with E-state index in [1.54, 1.807) is 0 Å². The van der Waals surface area contributed by atoms with Crippen LogP contribution in [0.5, 0.6) is 0 Å². The molecule has 1 N–H and O–H groups in total. The monoisotopic (exact) mass is 337 g/mol. The fourth-order valence-electron chi connectivity index (χ4n) is 3.29. The molecule has 0 amide bonds. The fraction of sp³-hybridized carbons (Fsp3) is 0.786. The summed E-state index contributed by atoms with van der Waals surface area (Å²) in [5.41, 5.74) is 1.87. The van der Waals surface area contributed by atoms with Crippen LogP contribution in [-0.4, -0.2) is 36.1 Å². The van der Waals surface area contributed by atoms with Crippen LogP contribution >= 0.6 is 36.2 Å². The SMILES string of the molecule is CCCc1nc(CN2CCC3(CCNC3)C2)cs1.Cl.Cl. The minimum absolute atomic E-state index is 0. The Morgan fingerprint density at radius 3 is 2.95 bits per heavy atom. The molecule has 3 rings (SSSR count). The predicted molar refractivity (Wildman–Crippen MR) is 90.4 cm³/mol. The zero-order valence-corrected chi connectivity index (χ0v) is 14.5. The van der Waals surface area contributed by atoms with E-state index in [0.717, 1.165) is 13.0 Å². The highest BCUT2D eigenvalue weighted by Crippen LogP contribution is 2.36. The second-order valence-corrected chi connectivity index (χ2v) is 6.81. The van der Waals surface area contributed by atoms with E-state index in [4.69, 9.17) is 4.98 Å². The maximum absolute atomic E-state index is 4.74. The number of aryl methyl sites for hydroxylation is 1. The molecule has 0 saturated carbocycles. The number of nitrogens with zero attached hydrogens (tertiary/aromatic N) is 2. The molecule has 1 spiro atoms. The van der Waals surface area contributed by atoms with Crippen LogP contribution in [0.15, 0.2) is 5.38 Å². The van der Waals surface area contributed by atoms with Crippen molar-refractivity contribution in [3.63, 3.8) is 0 Å². The summed E-state index contributed by atoms with van der Waals surface area (Å²) in [5.74, 6) is 0. The molecule has 1 aromatic heterocycles. The van der Waals surface area contributed by atoms with Crippen molar-refractivity contribution in [2.45, 2.75) is 39.2 Å². The number of hydrogen-bond donors (Lipinski definition) is 1. The van der Waals surface area contributed by atoms with Crippen LogP contribution in [0.1, 0.15) is 36.9 Å². The van der Waals surface area contributed by atoms with Gasteiger partial charge in [0.2, 0.25) is 0 Å². The van der Waals surface area contributed by atoms with Crippen molar-refractivity contribution < 1.29 is 0 Å². The molecule has 116 valence electrons. The minimum Gasteiger partial charge on any atom is -0.316 e. The highest BCUT2D eigenvalue weighted by Gasteiger charge is 2.40. The van der Waals surface area contributed by atoms with Crippen molar-refractivity contribution in [3.8, 4) is 0 Å². The van der Waals surface area contributed by atoms with E-state index in [1.165, 1.54) is 56.1 Å². The molecule has 2 fully saturated rings. The van der Waals surface area contributed by atoms with Crippen LogP contribution in [0.25, 0.3) is 0 Å². The van der Waals surface area contributed by atoms with Gasteiger partial charge in [-0.15, -0.1) is 36.2 Å². The highest BCUT2D eigenvalue weighted by molar-refractivity contribution is 7.09. The summed E-state index contributed by atoms with van der Waals surface area (Å²) in [6.45, 7) is 8.23. The normalized spacial score (nSPS) is 25.6. The van der Waals surface area contributed by atoms with E-state index >= 15 is 0 Å². The smallest absolute Gasteiger partial charge is 0.0928 e. The Bertz CT molecular complexity index is 405. The first kappa shape index (κ1) is 18.2. The van der Waals surface area contributed by atoms with Gasteiger partial charge in [0.1, 0.15) is 0 Å². The quantitative estimate of drug-likeness (QED) is 0.914. The predicted octanol–water partition coefficient (Wildman–Crippen LogP) is 3.12. The number of aromatic nitrogens is 1. The Morgan fingerprint density at radius 2 is 2.25 bits per heavy atom. The van der Waals surface area contributed by atoms with Gasteiger partial charge in [0.15, 0.2) is 0 Å². The van der Waals surface area contributed by atoms with Crippen LogP contribution in [0.2, 0.25) is 0 Å². The lowest BCUT2D eigenvalue weighted by atomic mass is 9.87. The Kier molecular flexibility index (Phi) is 7.22. The molecule has 0 radical (unpaired) electrons. The summed E-state index contributed by atoms with van der Waals surface area (Å²) in [7, 11) is 0. The largest absolute Gasteiger partial charge is 0.316 e. The van der Waals surface area contributed by atoms with Crippen LogP contribution in [0, 0.1) is 5.41 Å². The first-order valence-electron chi connectivity index (χ1n) is 7.16. The summed E-state index contributed by atoms with van der Waals surface area (Å²) in [6, 6.07) is 0. The zero-order valence-electron chi connectivity index (χ0n) is 12.1. The number of likely N-dealkylation sites (tertiary alicyclic amines) is 1. The number of hydrogen-bond acceptors (Lipinski definition) is 4. The molecule has 1 atom stereocenters. The average Bonchev–Trinajstić information content (AvgIpc) is 3.06. The molecular formula is C14H25Cl2N3S. The van der Waals surface area contributed by atoms with Gasteiger partial charge in [0.25, 0.3) is 0 Å². The molecule has 3 nitrogen and oxygen atoms in total. The van der Waals surface area contributed by atoms with Crippen molar-refractivity contribution in [1.82, 2.24) is 15.2 Å². The standard InChI is InChI=1S/C14H23N3S.2ClH/c1-2-3-13-16-12(9-18-13)8-17-7-5-14(11-17)4-6-15-10-14;;/h9,15H,2-8,10-11H2,1H3;2*1H. The minimum atomic E-state index is 0. The molecule has 1 unspecified atom stereocenters. The Balaban J connectivity index is 0.000001000. The maximum atomic E-state index is 4.74. The number of thiazole rings is 1. The molecule has 2 aliphatic rings. The molecule has 0 aliphatic carbocycles. The molecule has 6 heteroatoms. The Labute approximate surface area is 138 Å². The maximum Gasteiger partial charge on any atom is 0.0928 e. The van der Waals surface area contributed by atoms with E-state index < -0.39 is 0 Å². The third-order valence-electron chi connectivity index (χ3n) is 4.30. The average molecular weight is 338 g/mol. The lowest BCUT2D eigenvalue weighted by Gasteiger charge is -2.22. The van der Waals surface area contributed by atoms with E-state index in [9.17, 15) is 0 Å². The van der Waals surface area contributed by atoms with E-state index in [-0.39, 0.29) is 24.8 Å². The second kappa shape index (κ2) is 7.95. The van der Waals surface area contributed by atoms with Gasteiger partial charge >= 0.3 is 0 Å². The van der Waals surface area contributed by atoms with Crippen molar-refractivity contribution in [2.75, 3.05) is 26.2 Å². The molecule has 3 heterocycles. The topological polar surface area (TPSA) is 28.2 Å². The molecule has 0 bridgehead atoms. The van der Waals surface area contributed by atoms with Gasteiger partial charge in [-0.3, -0.25) is 4.90 Å². The zero-order chi connectivity index (χ0) is 12.4.